The number of ether oxygens (including phenoxy) is 3. The molecule has 1 aliphatic heterocycles. The summed E-state index contributed by atoms with van der Waals surface area (Å²) in [4.78, 5) is 0. The molecule has 0 amide bonds. The lowest BCUT2D eigenvalue weighted by molar-refractivity contribution is -0.261. The molecule has 0 radical (unpaired) electrons. The van der Waals surface area contributed by atoms with Crippen LogP contribution >= 0.6 is 15.9 Å². The van der Waals surface area contributed by atoms with E-state index in [0.717, 1.165) is 6.42 Å². The van der Waals surface area contributed by atoms with E-state index in [1.54, 1.807) is 0 Å². The molecule has 0 aliphatic carbocycles. The molecule has 2 rings (SSSR count). The summed E-state index contributed by atoms with van der Waals surface area (Å²) < 4.78 is 17.4. The van der Waals surface area contributed by atoms with Gasteiger partial charge in [0.15, 0.2) is 6.29 Å². The third kappa shape index (κ3) is 3.78. The van der Waals surface area contributed by atoms with E-state index in [-0.39, 0.29) is 11.9 Å². The fraction of sp³-hybridized carbons (Fsp3) is 0.600. The molecule has 1 aromatic carbocycles. The van der Waals surface area contributed by atoms with Crippen molar-refractivity contribution in [3.8, 4) is 0 Å². The van der Waals surface area contributed by atoms with Crippen LogP contribution in [0.5, 0.6) is 0 Å². The predicted octanol–water partition coefficient (Wildman–Crippen LogP) is 3.43. The standard InChI is InChI=1S/C15H21BrO3/c1-3-14-17-10-15(9-16,11-18-14)19-8-13-7-5-4-6-12(13)2/h4-7,14H,3,8-11H2,1-2H3/t14-,15+. The molecule has 0 aromatic heterocycles. The summed E-state index contributed by atoms with van der Waals surface area (Å²) in [6, 6.07) is 8.27. The average molecular weight is 329 g/mol. The van der Waals surface area contributed by atoms with Crippen LogP contribution in [0.2, 0.25) is 0 Å². The summed E-state index contributed by atoms with van der Waals surface area (Å²) in [5.74, 6) is 0. The fourth-order valence-corrected chi connectivity index (χ4v) is 2.50. The second kappa shape index (κ2) is 6.84. The molecule has 1 aromatic rings. The minimum Gasteiger partial charge on any atom is -0.365 e. The first-order valence-electron chi connectivity index (χ1n) is 6.67. The Hall–Kier alpha value is -0.420. The van der Waals surface area contributed by atoms with Gasteiger partial charge in [0.1, 0.15) is 5.60 Å². The topological polar surface area (TPSA) is 27.7 Å². The summed E-state index contributed by atoms with van der Waals surface area (Å²) >= 11 is 3.52. The summed E-state index contributed by atoms with van der Waals surface area (Å²) in [6.45, 7) is 5.88. The van der Waals surface area contributed by atoms with Crippen LogP contribution in [0, 0.1) is 6.92 Å². The number of halogens is 1. The van der Waals surface area contributed by atoms with Crippen molar-refractivity contribution < 1.29 is 14.2 Å². The quantitative estimate of drug-likeness (QED) is 0.775. The van der Waals surface area contributed by atoms with Gasteiger partial charge in [0, 0.05) is 5.33 Å². The Morgan fingerprint density at radius 1 is 1.32 bits per heavy atom. The van der Waals surface area contributed by atoms with Crippen molar-refractivity contribution in [2.24, 2.45) is 0 Å². The normalized spacial score (nSPS) is 27.4. The maximum absolute atomic E-state index is 6.08. The van der Waals surface area contributed by atoms with Crippen LogP contribution in [-0.4, -0.2) is 30.4 Å². The van der Waals surface area contributed by atoms with Crippen LogP contribution in [0.3, 0.4) is 0 Å². The number of rotatable bonds is 5. The molecular formula is C15H21BrO3. The largest absolute Gasteiger partial charge is 0.365 e. The number of hydrogen-bond acceptors (Lipinski definition) is 3. The molecule has 0 atom stereocenters. The molecule has 1 aliphatic rings. The average Bonchev–Trinajstić information content (AvgIpc) is 2.47. The monoisotopic (exact) mass is 328 g/mol. The van der Waals surface area contributed by atoms with E-state index in [4.69, 9.17) is 14.2 Å². The van der Waals surface area contributed by atoms with Crippen molar-refractivity contribution in [3.63, 3.8) is 0 Å². The van der Waals surface area contributed by atoms with Crippen LogP contribution in [0.15, 0.2) is 24.3 Å². The van der Waals surface area contributed by atoms with Crippen LogP contribution in [0.25, 0.3) is 0 Å². The third-order valence-corrected chi connectivity index (χ3v) is 4.46. The zero-order valence-electron chi connectivity index (χ0n) is 11.5. The Kier molecular flexibility index (Phi) is 5.39. The van der Waals surface area contributed by atoms with Gasteiger partial charge in [-0.25, -0.2) is 0 Å². The molecule has 1 heterocycles. The first kappa shape index (κ1) is 15.0. The van der Waals surface area contributed by atoms with Crippen molar-refractivity contribution in [3.05, 3.63) is 35.4 Å². The van der Waals surface area contributed by atoms with Crippen LogP contribution in [0.4, 0.5) is 0 Å². The van der Waals surface area contributed by atoms with Crippen molar-refractivity contribution >= 4 is 15.9 Å². The summed E-state index contributed by atoms with van der Waals surface area (Å²) in [7, 11) is 0. The summed E-state index contributed by atoms with van der Waals surface area (Å²) in [5, 5.41) is 0.711. The molecule has 0 bridgehead atoms. The van der Waals surface area contributed by atoms with Crippen molar-refractivity contribution in [1.82, 2.24) is 0 Å². The third-order valence-electron chi connectivity index (χ3n) is 3.44. The minimum absolute atomic E-state index is 0.0887. The van der Waals surface area contributed by atoms with E-state index in [1.807, 2.05) is 12.1 Å². The van der Waals surface area contributed by atoms with E-state index in [1.165, 1.54) is 11.1 Å². The van der Waals surface area contributed by atoms with Crippen LogP contribution < -0.4 is 0 Å². The van der Waals surface area contributed by atoms with Gasteiger partial charge < -0.3 is 14.2 Å². The van der Waals surface area contributed by atoms with Gasteiger partial charge in [-0.2, -0.15) is 0 Å². The van der Waals surface area contributed by atoms with Gasteiger partial charge in [0.2, 0.25) is 0 Å². The predicted molar refractivity (Wildman–Crippen MR) is 78.5 cm³/mol. The second-order valence-corrected chi connectivity index (χ2v) is 5.55. The van der Waals surface area contributed by atoms with Gasteiger partial charge >= 0.3 is 0 Å². The molecule has 0 N–H and O–H groups in total. The Bertz CT molecular complexity index is 400. The highest BCUT2D eigenvalue weighted by Crippen LogP contribution is 2.25. The van der Waals surface area contributed by atoms with Crippen molar-refractivity contribution in [2.75, 3.05) is 18.5 Å². The van der Waals surface area contributed by atoms with E-state index in [2.05, 4.69) is 41.9 Å². The van der Waals surface area contributed by atoms with E-state index in [9.17, 15) is 0 Å². The number of aryl methyl sites for hydroxylation is 1. The lowest BCUT2D eigenvalue weighted by Crippen LogP contribution is -2.50. The van der Waals surface area contributed by atoms with Gasteiger partial charge in [-0.1, -0.05) is 47.1 Å². The fourth-order valence-electron chi connectivity index (χ4n) is 2.02. The lowest BCUT2D eigenvalue weighted by Gasteiger charge is -2.38. The number of hydrogen-bond donors (Lipinski definition) is 0. The van der Waals surface area contributed by atoms with E-state index in [0.29, 0.717) is 25.2 Å². The van der Waals surface area contributed by atoms with Gasteiger partial charge in [-0.3, -0.25) is 0 Å². The van der Waals surface area contributed by atoms with Gasteiger partial charge in [0.25, 0.3) is 0 Å². The highest BCUT2D eigenvalue weighted by atomic mass is 79.9. The Balaban J connectivity index is 1.95. The molecule has 1 fully saturated rings. The Morgan fingerprint density at radius 2 is 2.00 bits per heavy atom. The van der Waals surface area contributed by atoms with E-state index < -0.39 is 0 Å². The molecule has 3 nitrogen and oxygen atoms in total. The zero-order chi connectivity index (χ0) is 13.7. The highest BCUT2D eigenvalue weighted by Gasteiger charge is 2.36. The van der Waals surface area contributed by atoms with Crippen molar-refractivity contribution in [1.29, 1.82) is 0 Å². The van der Waals surface area contributed by atoms with Crippen molar-refractivity contribution in [2.45, 2.75) is 38.8 Å². The lowest BCUT2D eigenvalue weighted by atomic mass is 10.1. The maximum Gasteiger partial charge on any atom is 0.157 e. The second-order valence-electron chi connectivity index (χ2n) is 4.99. The molecule has 19 heavy (non-hydrogen) atoms. The smallest absolute Gasteiger partial charge is 0.157 e. The Morgan fingerprint density at radius 3 is 2.58 bits per heavy atom. The maximum atomic E-state index is 6.08. The van der Waals surface area contributed by atoms with Crippen LogP contribution in [-0.2, 0) is 20.8 Å². The molecule has 0 unspecified atom stereocenters. The molecule has 1 saturated heterocycles. The highest BCUT2D eigenvalue weighted by molar-refractivity contribution is 9.09. The van der Waals surface area contributed by atoms with Crippen LogP contribution in [0.1, 0.15) is 24.5 Å². The molecule has 106 valence electrons. The first-order valence-corrected chi connectivity index (χ1v) is 7.79. The molecule has 4 heteroatoms. The van der Waals surface area contributed by atoms with Gasteiger partial charge in [-0.05, 0) is 24.5 Å². The molecule has 0 spiro atoms. The SMILES string of the molecule is CC[C@H]1OC[C@@](CBr)(OCc2ccccc2C)CO1. The summed E-state index contributed by atoms with van der Waals surface area (Å²) in [6.07, 6.45) is 0.783. The molecular weight excluding hydrogens is 308 g/mol. The van der Waals surface area contributed by atoms with Gasteiger partial charge in [-0.15, -0.1) is 0 Å². The Labute approximate surface area is 123 Å². The van der Waals surface area contributed by atoms with E-state index >= 15 is 0 Å². The number of alkyl halides is 1. The minimum atomic E-state index is -0.381. The molecule has 0 saturated carbocycles. The summed E-state index contributed by atoms with van der Waals surface area (Å²) in [5.41, 5.74) is 2.07. The number of benzene rings is 1. The zero-order valence-corrected chi connectivity index (χ0v) is 13.1. The van der Waals surface area contributed by atoms with Gasteiger partial charge in [0.05, 0.1) is 19.8 Å². The first-order chi connectivity index (χ1) is 9.19.